The lowest BCUT2D eigenvalue weighted by Gasteiger charge is -2.14. The van der Waals surface area contributed by atoms with Gasteiger partial charge in [-0.2, -0.15) is 4.98 Å². The Balaban J connectivity index is 3.11. The van der Waals surface area contributed by atoms with Crippen LogP contribution in [0.25, 0.3) is 0 Å². The van der Waals surface area contributed by atoms with E-state index in [1.54, 1.807) is 25.9 Å². The van der Waals surface area contributed by atoms with Gasteiger partial charge < -0.3 is 9.64 Å². The van der Waals surface area contributed by atoms with Gasteiger partial charge >= 0.3 is 5.97 Å². The summed E-state index contributed by atoms with van der Waals surface area (Å²) in [4.78, 5) is 20.9. The van der Waals surface area contributed by atoms with Gasteiger partial charge in [0.25, 0.3) is 0 Å². The number of aromatic nitrogens is 2. The number of carbonyl (C=O) groups is 1. The van der Waals surface area contributed by atoms with Gasteiger partial charge in [-0.25, -0.2) is 9.78 Å². The Morgan fingerprint density at radius 2 is 2.27 bits per heavy atom. The SMILES string of the molecule is CCOC(=O)c1cnc(Cl)nc1N(C)C. The highest BCUT2D eigenvalue weighted by molar-refractivity contribution is 6.28. The zero-order chi connectivity index (χ0) is 11.4. The Kier molecular flexibility index (Phi) is 3.85. The van der Waals surface area contributed by atoms with E-state index in [-0.39, 0.29) is 5.28 Å². The van der Waals surface area contributed by atoms with Crippen LogP contribution in [0.5, 0.6) is 0 Å². The second-order valence-corrected chi connectivity index (χ2v) is 3.33. The molecule has 0 saturated carbocycles. The zero-order valence-electron chi connectivity index (χ0n) is 8.82. The molecule has 1 aromatic rings. The summed E-state index contributed by atoms with van der Waals surface area (Å²) in [6.45, 7) is 2.05. The monoisotopic (exact) mass is 229 g/mol. The van der Waals surface area contributed by atoms with Crippen molar-refractivity contribution in [3.8, 4) is 0 Å². The maximum absolute atomic E-state index is 11.5. The molecule has 0 bridgehead atoms. The molecule has 1 aromatic heterocycles. The van der Waals surface area contributed by atoms with E-state index in [2.05, 4.69) is 9.97 Å². The van der Waals surface area contributed by atoms with E-state index in [0.717, 1.165) is 0 Å². The number of anilines is 1. The van der Waals surface area contributed by atoms with Crippen molar-refractivity contribution in [3.63, 3.8) is 0 Å². The molecule has 0 spiro atoms. The number of rotatable bonds is 3. The predicted molar refractivity (Wildman–Crippen MR) is 57.3 cm³/mol. The number of carbonyl (C=O) groups excluding carboxylic acids is 1. The highest BCUT2D eigenvalue weighted by Gasteiger charge is 2.16. The molecule has 5 nitrogen and oxygen atoms in total. The summed E-state index contributed by atoms with van der Waals surface area (Å²) in [6.07, 6.45) is 1.36. The van der Waals surface area contributed by atoms with Crippen molar-refractivity contribution in [1.29, 1.82) is 0 Å². The van der Waals surface area contributed by atoms with Crippen LogP contribution in [0.2, 0.25) is 5.28 Å². The van der Waals surface area contributed by atoms with Crippen LogP contribution < -0.4 is 4.90 Å². The van der Waals surface area contributed by atoms with Gasteiger partial charge in [0.2, 0.25) is 5.28 Å². The molecule has 0 radical (unpaired) electrons. The van der Waals surface area contributed by atoms with E-state index >= 15 is 0 Å². The van der Waals surface area contributed by atoms with Gasteiger partial charge in [0.05, 0.1) is 6.61 Å². The van der Waals surface area contributed by atoms with Gasteiger partial charge in [-0.1, -0.05) is 0 Å². The molecule has 0 aliphatic rings. The highest BCUT2D eigenvalue weighted by atomic mass is 35.5. The Morgan fingerprint density at radius 3 is 2.80 bits per heavy atom. The normalized spacial score (nSPS) is 9.87. The van der Waals surface area contributed by atoms with Crippen LogP contribution in [0.4, 0.5) is 5.82 Å². The lowest BCUT2D eigenvalue weighted by Crippen LogP contribution is -2.17. The summed E-state index contributed by atoms with van der Waals surface area (Å²) in [7, 11) is 3.53. The third-order valence-corrected chi connectivity index (χ3v) is 1.84. The number of hydrogen-bond donors (Lipinski definition) is 0. The first kappa shape index (κ1) is 11.7. The molecule has 1 heterocycles. The van der Waals surface area contributed by atoms with Crippen LogP contribution in [0, 0.1) is 0 Å². The van der Waals surface area contributed by atoms with Crippen molar-refractivity contribution in [2.75, 3.05) is 25.6 Å². The van der Waals surface area contributed by atoms with Crippen molar-refractivity contribution in [2.45, 2.75) is 6.92 Å². The summed E-state index contributed by atoms with van der Waals surface area (Å²) < 4.78 is 4.87. The largest absolute Gasteiger partial charge is 0.462 e. The first-order chi connectivity index (χ1) is 7.06. The highest BCUT2D eigenvalue weighted by Crippen LogP contribution is 2.17. The molecule has 0 fully saturated rings. The third kappa shape index (κ3) is 2.79. The molecule has 15 heavy (non-hydrogen) atoms. The molecule has 0 amide bonds. The summed E-state index contributed by atoms with van der Waals surface area (Å²) in [5, 5.41) is 0.103. The molecule has 6 heteroatoms. The van der Waals surface area contributed by atoms with Gasteiger partial charge in [0, 0.05) is 20.3 Å². The Morgan fingerprint density at radius 1 is 1.60 bits per heavy atom. The zero-order valence-corrected chi connectivity index (χ0v) is 9.58. The minimum atomic E-state index is -0.446. The number of halogens is 1. The minimum Gasteiger partial charge on any atom is -0.462 e. The van der Waals surface area contributed by atoms with Crippen molar-refractivity contribution < 1.29 is 9.53 Å². The molecule has 82 valence electrons. The van der Waals surface area contributed by atoms with Crippen LogP contribution in [0.1, 0.15) is 17.3 Å². The smallest absolute Gasteiger partial charge is 0.343 e. The average Bonchev–Trinajstić information content (AvgIpc) is 2.17. The molecule has 0 saturated heterocycles. The molecular weight excluding hydrogens is 218 g/mol. The second kappa shape index (κ2) is 4.93. The standard InChI is InChI=1S/C9H12ClN3O2/c1-4-15-8(14)6-5-11-9(10)12-7(6)13(2)3/h5H,4H2,1-3H3. The van der Waals surface area contributed by atoms with Gasteiger partial charge in [-0.05, 0) is 18.5 Å². The van der Waals surface area contributed by atoms with Crippen molar-refractivity contribution in [2.24, 2.45) is 0 Å². The molecule has 1 rings (SSSR count). The van der Waals surface area contributed by atoms with Crippen LogP contribution in [0.15, 0.2) is 6.20 Å². The van der Waals surface area contributed by atoms with Gasteiger partial charge in [-0.15, -0.1) is 0 Å². The summed E-state index contributed by atoms with van der Waals surface area (Å²) in [6, 6.07) is 0. The maximum atomic E-state index is 11.5. The number of ether oxygens (including phenoxy) is 1. The number of nitrogens with zero attached hydrogens (tertiary/aromatic N) is 3. The van der Waals surface area contributed by atoms with E-state index < -0.39 is 5.97 Å². The van der Waals surface area contributed by atoms with Gasteiger partial charge in [-0.3, -0.25) is 0 Å². The number of esters is 1. The molecule has 0 N–H and O–H groups in total. The van der Waals surface area contributed by atoms with Crippen LogP contribution in [-0.4, -0.2) is 36.6 Å². The number of hydrogen-bond acceptors (Lipinski definition) is 5. The minimum absolute atomic E-state index is 0.103. The van der Waals surface area contributed by atoms with Crippen LogP contribution in [-0.2, 0) is 4.74 Å². The van der Waals surface area contributed by atoms with Gasteiger partial charge in [0.15, 0.2) is 0 Å². The Labute approximate surface area is 93.0 Å². The van der Waals surface area contributed by atoms with Crippen molar-refractivity contribution >= 4 is 23.4 Å². The lowest BCUT2D eigenvalue weighted by molar-refractivity contribution is 0.0526. The molecule has 0 aromatic carbocycles. The molecule has 0 aliphatic heterocycles. The lowest BCUT2D eigenvalue weighted by atomic mass is 10.3. The molecule has 0 atom stereocenters. The average molecular weight is 230 g/mol. The Bertz CT molecular complexity index is 368. The third-order valence-electron chi connectivity index (χ3n) is 1.66. The Hall–Kier alpha value is -1.36. The quantitative estimate of drug-likeness (QED) is 0.579. The molecule has 0 unspecified atom stereocenters. The van der Waals surface area contributed by atoms with Gasteiger partial charge in [0.1, 0.15) is 11.4 Å². The van der Waals surface area contributed by atoms with E-state index in [1.165, 1.54) is 6.20 Å². The first-order valence-corrected chi connectivity index (χ1v) is 4.81. The van der Waals surface area contributed by atoms with E-state index in [0.29, 0.717) is 18.0 Å². The second-order valence-electron chi connectivity index (χ2n) is 2.99. The molecular formula is C9H12ClN3O2. The maximum Gasteiger partial charge on any atom is 0.343 e. The predicted octanol–water partition coefficient (Wildman–Crippen LogP) is 1.37. The van der Waals surface area contributed by atoms with Crippen molar-refractivity contribution in [1.82, 2.24) is 9.97 Å². The topological polar surface area (TPSA) is 55.3 Å². The fraction of sp³-hybridized carbons (Fsp3) is 0.444. The summed E-state index contributed by atoms with van der Waals surface area (Å²) in [5.74, 6) is 0.00585. The summed E-state index contributed by atoms with van der Waals surface area (Å²) >= 11 is 5.64. The van der Waals surface area contributed by atoms with Crippen LogP contribution >= 0.6 is 11.6 Å². The van der Waals surface area contributed by atoms with E-state index in [4.69, 9.17) is 16.3 Å². The van der Waals surface area contributed by atoms with E-state index in [9.17, 15) is 4.79 Å². The van der Waals surface area contributed by atoms with Crippen LogP contribution in [0.3, 0.4) is 0 Å². The fourth-order valence-electron chi connectivity index (χ4n) is 1.05. The first-order valence-electron chi connectivity index (χ1n) is 4.43. The van der Waals surface area contributed by atoms with E-state index in [1.807, 2.05) is 0 Å². The summed E-state index contributed by atoms with van der Waals surface area (Å²) in [5.41, 5.74) is 0.311. The fourth-order valence-corrected chi connectivity index (χ4v) is 1.17. The molecule has 0 aliphatic carbocycles. The van der Waals surface area contributed by atoms with Crippen molar-refractivity contribution in [3.05, 3.63) is 17.0 Å².